The molecule has 1 atom stereocenters. The van der Waals surface area contributed by atoms with Crippen molar-refractivity contribution in [3.63, 3.8) is 0 Å². The zero-order valence-corrected chi connectivity index (χ0v) is 16.4. The third kappa shape index (κ3) is 3.13. The zero-order valence-electron chi connectivity index (χ0n) is 14.8. The Morgan fingerprint density at radius 3 is 2.85 bits per heavy atom. The van der Waals surface area contributed by atoms with Gasteiger partial charge in [0.1, 0.15) is 22.2 Å². The number of hydrogen-bond acceptors (Lipinski definition) is 6. The minimum Gasteiger partial charge on any atom is -0.465 e. The maximum Gasteiger partial charge on any atom is 0.260 e. The van der Waals surface area contributed by atoms with Gasteiger partial charge in [0.15, 0.2) is 0 Å². The summed E-state index contributed by atoms with van der Waals surface area (Å²) in [6.07, 6.45) is 0. The maximum atomic E-state index is 12.7. The van der Waals surface area contributed by atoms with Gasteiger partial charge in [-0.1, -0.05) is 6.07 Å². The average Bonchev–Trinajstić information content (AvgIpc) is 3.34. The first-order valence-corrected chi connectivity index (χ1v) is 10.1. The summed E-state index contributed by atoms with van der Waals surface area (Å²) < 4.78 is 5.65. The second kappa shape index (κ2) is 6.83. The molecular weight excluding hydrogens is 366 g/mol. The van der Waals surface area contributed by atoms with Crippen LogP contribution in [0, 0.1) is 6.92 Å². The van der Waals surface area contributed by atoms with E-state index in [4.69, 9.17) is 9.40 Å². The number of H-pyrrole nitrogens is 1. The predicted molar refractivity (Wildman–Crippen MR) is 107 cm³/mol. The van der Waals surface area contributed by atoms with Crippen LogP contribution in [0.2, 0.25) is 0 Å². The van der Waals surface area contributed by atoms with Gasteiger partial charge in [-0.3, -0.25) is 9.69 Å². The van der Waals surface area contributed by atoms with Crippen molar-refractivity contribution in [2.75, 3.05) is 7.05 Å². The summed E-state index contributed by atoms with van der Waals surface area (Å²) in [7, 11) is 2.00. The van der Waals surface area contributed by atoms with E-state index in [2.05, 4.69) is 9.88 Å². The second-order valence-corrected chi connectivity index (χ2v) is 8.17. The molecule has 0 saturated heterocycles. The third-order valence-electron chi connectivity index (χ3n) is 4.51. The van der Waals surface area contributed by atoms with E-state index >= 15 is 0 Å². The summed E-state index contributed by atoms with van der Waals surface area (Å²) in [6, 6.07) is 7.92. The summed E-state index contributed by atoms with van der Waals surface area (Å²) >= 11 is 3.15. The first-order valence-electron chi connectivity index (χ1n) is 8.34. The van der Waals surface area contributed by atoms with Gasteiger partial charge in [0.2, 0.25) is 0 Å². The fourth-order valence-corrected chi connectivity index (χ4v) is 4.71. The lowest BCUT2D eigenvalue weighted by molar-refractivity contribution is 0.223. The van der Waals surface area contributed by atoms with Gasteiger partial charge in [-0.05, 0) is 44.5 Å². The lowest BCUT2D eigenvalue weighted by Crippen LogP contribution is -2.25. The van der Waals surface area contributed by atoms with Gasteiger partial charge < -0.3 is 9.40 Å². The van der Waals surface area contributed by atoms with Gasteiger partial charge in [-0.2, -0.15) is 0 Å². The number of thiophene rings is 2. The van der Waals surface area contributed by atoms with Crippen LogP contribution in [0.4, 0.5) is 0 Å². The first-order chi connectivity index (χ1) is 12.5. The average molecular weight is 386 g/mol. The molecule has 0 unspecified atom stereocenters. The van der Waals surface area contributed by atoms with Crippen LogP contribution < -0.4 is 5.56 Å². The Morgan fingerprint density at radius 1 is 1.31 bits per heavy atom. The molecule has 4 rings (SSSR count). The minimum absolute atomic E-state index is 0.0372. The van der Waals surface area contributed by atoms with E-state index in [0.29, 0.717) is 17.8 Å². The van der Waals surface area contributed by atoms with Gasteiger partial charge >= 0.3 is 0 Å². The molecule has 4 heterocycles. The van der Waals surface area contributed by atoms with Crippen molar-refractivity contribution >= 4 is 32.9 Å². The predicted octanol–water partition coefficient (Wildman–Crippen LogP) is 4.81. The number of hydrogen-bond donors (Lipinski definition) is 1. The topological polar surface area (TPSA) is 62.1 Å². The highest BCUT2D eigenvalue weighted by Crippen LogP contribution is 2.34. The standard InChI is InChI=1S/C19H19N3O2S2/c1-11-6-7-13(24-11)9-22(3)12(2)17-20-18(23)16-14(10-26-19(16)21-17)15-5-4-8-25-15/h4-8,10,12H,9H2,1-3H3,(H,20,21,23)/t12-/m1/s1. The molecule has 0 aliphatic rings. The zero-order chi connectivity index (χ0) is 18.3. The Morgan fingerprint density at radius 2 is 2.15 bits per heavy atom. The molecule has 7 heteroatoms. The number of aromatic amines is 1. The highest BCUT2D eigenvalue weighted by molar-refractivity contribution is 7.18. The van der Waals surface area contributed by atoms with Crippen molar-refractivity contribution in [1.29, 1.82) is 0 Å². The van der Waals surface area contributed by atoms with Crippen LogP contribution in [0.5, 0.6) is 0 Å². The van der Waals surface area contributed by atoms with Crippen molar-refractivity contribution in [1.82, 2.24) is 14.9 Å². The van der Waals surface area contributed by atoms with E-state index in [1.54, 1.807) is 11.3 Å². The van der Waals surface area contributed by atoms with E-state index in [0.717, 1.165) is 26.8 Å². The number of aryl methyl sites for hydroxylation is 1. The number of nitrogens with zero attached hydrogens (tertiary/aromatic N) is 2. The molecule has 0 radical (unpaired) electrons. The van der Waals surface area contributed by atoms with E-state index in [1.807, 2.05) is 55.9 Å². The molecule has 4 aromatic heterocycles. The second-order valence-electron chi connectivity index (χ2n) is 6.36. The van der Waals surface area contributed by atoms with Crippen LogP contribution in [-0.2, 0) is 6.54 Å². The number of fused-ring (bicyclic) bond motifs is 1. The van der Waals surface area contributed by atoms with Crippen LogP contribution >= 0.6 is 22.7 Å². The minimum atomic E-state index is -0.0799. The Labute approximate surface area is 158 Å². The molecule has 0 spiro atoms. The molecule has 134 valence electrons. The number of rotatable bonds is 5. The lowest BCUT2D eigenvalue weighted by Gasteiger charge is -2.22. The van der Waals surface area contributed by atoms with Crippen molar-refractivity contribution in [3.8, 4) is 10.4 Å². The van der Waals surface area contributed by atoms with Crippen LogP contribution in [-0.4, -0.2) is 21.9 Å². The summed E-state index contributed by atoms with van der Waals surface area (Å²) in [5.41, 5.74) is 0.885. The first kappa shape index (κ1) is 17.2. The Hall–Kier alpha value is -2.22. The quantitative estimate of drug-likeness (QED) is 0.536. The fraction of sp³-hybridized carbons (Fsp3) is 0.263. The van der Waals surface area contributed by atoms with Crippen LogP contribution in [0.15, 0.2) is 44.2 Å². The number of aromatic nitrogens is 2. The van der Waals surface area contributed by atoms with Gasteiger partial charge in [0, 0.05) is 15.8 Å². The summed E-state index contributed by atoms with van der Waals surface area (Å²) in [4.78, 5) is 24.4. The Balaban J connectivity index is 1.65. The summed E-state index contributed by atoms with van der Waals surface area (Å²) in [5.74, 6) is 2.47. The van der Waals surface area contributed by atoms with E-state index in [-0.39, 0.29) is 11.6 Å². The molecule has 0 fully saturated rings. The Bertz CT molecular complexity index is 1090. The molecule has 0 aromatic carbocycles. The van der Waals surface area contributed by atoms with Gasteiger partial charge in [-0.25, -0.2) is 4.98 Å². The van der Waals surface area contributed by atoms with Crippen molar-refractivity contribution in [2.45, 2.75) is 26.4 Å². The SMILES string of the molecule is Cc1ccc(CN(C)[C@H](C)c2nc3scc(-c4cccs4)c3c(=O)[nH]2)o1. The smallest absolute Gasteiger partial charge is 0.260 e. The van der Waals surface area contributed by atoms with E-state index < -0.39 is 0 Å². The molecule has 0 bridgehead atoms. The summed E-state index contributed by atoms with van der Waals surface area (Å²) in [6.45, 7) is 4.62. The van der Waals surface area contributed by atoms with Crippen molar-refractivity contribution < 1.29 is 4.42 Å². The van der Waals surface area contributed by atoms with Crippen LogP contribution in [0.25, 0.3) is 20.7 Å². The molecule has 0 aliphatic heterocycles. The third-order valence-corrected chi connectivity index (χ3v) is 6.28. The molecule has 0 saturated carbocycles. The maximum absolute atomic E-state index is 12.7. The normalized spacial score (nSPS) is 12.9. The number of nitrogens with one attached hydrogen (secondary N) is 1. The molecule has 5 nitrogen and oxygen atoms in total. The van der Waals surface area contributed by atoms with Crippen LogP contribution in [0.3, 0.4) is 0 Å². The van der Waals surface area contributed by atoms with Gasteiger partial charge in [-0.15, -0.1) is 22.7 Å². The highest BCUT2D eigenvalue weighted by atomic mass is 32.1. The Kier molecular flexibility index (Phi) is 4.52. The molecule has 26 heavy (non-hydrogen) atoms. The lowest BCUT2D eigenvalue weighted by atomic mass is 10.2. The molecule has 1 N–H and O–H groups in total. The molecule has 0 aliphatic carbocycles. The van der Waals surface area contributed by atoms with E-state index in [9.17, 15) is 4.79 Å². The van der Waals surface area contributed by atoms with Crippen molar-refractivity contribution in [3.05, 3.63) is 62.7 Å². The summed E-state index contributed by atoms with van der Waals surface area (Å²) in [5, 5.41) is 4.71. The highest BCUT2D eigenvalue weighted by Gasteiger charge is 2.19. The fourth-order valence-electron chi connectivity index (χ4n) is 2.94. The van der Waals surface area contributed by atoms with E-state index in [1.165, 1.54) is 11.3 Å². The van der Waals surface area contributed by atoms with Crippen molar-refractivity contribution in [2.24, 2.45) is 0 Å². The largest absolute Gasteiger partial charge is 0.465 e. The molecule has 0 amide bonds. The molecular formula is C19H19N3O2S2. The monoisotopic (exact) mass is 385 g/mol. The molecule has 4 aromatic rings. The number of furan rings is 1. The van der Waals surface area contributed by atoms with Gasteiger partial charge in [0.25, 0.3) is 5.56 Å². The van der Waals surface area contributed by atoms with Crippen LogP contribution in [0.1, 0.15) is 30.3 Å². The van der Waals surface area contributed by atoms with Gasteiger partial charge in [0.05, 0.1) is 18.0 Å².